The smallest absolute Gasteiger partial charge is 0.282 e. The SMILES string of the molecule is CC1CCN(S(=O)(=O)N(C)Cc2ccc([C@H]3C[C@@H]3C)o2)CC1. The molecule has 0 amide bonds. The number of piperidine rings is 1. The van der Waals surface area contributed by atoms with Crippen molar-refractivity contribution in [3.8, 4) is 0 Å². The largest absolute Gasteiger partial charge is 0.464 e. The molecule has 1 aliphatic heterocycles. The summed E-state index contributed by atoms with van der Waals surface area (Å²) in [6, 6.07) is 3.90. The Kier molecular flexibility index (Phi) is 4.36. The molecular weight excluding hydrogens is 300 g/mol. The van der Waals surface area contributed by atoms with Crippen LogP contribution >= 0.6 is 0 Å². The zero-order chi connectivity index (χ0) is 15.9. The van der Waals surface area contributed by atoms with Crippen molar-refractivity contribution in [2.45, 2.75) is 45.6 Å². The van der Waals surface area contributed by atoms with Crippen molar-refractivity contribution in [3.63, 3.8) is 0 Å². The van der Waals surface area contributed by atoms with Crippen LogP contribution in [0.25, 0.3) is 0 Å². The Hall–Kier alpha value is -0.850. The van der Waals surface area contributed by atoms with E-state index in [0.717, 1.165) is 24.4 Å². The van der Waals surface area contributed by atoms with Crippen LogP contribution in [-0.2, 0) is 16.8 Å². The van der Waals surface area contributed by atoms with E-state index in [9.17, 15) is 8.42 Å². The van der Waals surface area contributed by atoms with Gasteiger partial charge in [0.15, 0.2) is 0 Å². The van der Waals surface area contributed by atoms with Crippen LogP contribution in [0.5, 0.6) is 0 Å². The quantitative estimate of drug-likeness (QED) is 0.836. The molecule has 0 spiro atoms. The van der Waals surface area contributed by atoms with Crippen molar-refractivity contribution in [2.24, 2.45) is 11.8 Å². The van der Waals surface area contributed by atoms with Crippen LogP contribution in [0.3, 0.4) is 0 Å². The van der Waals surface area contributed by atoms with E-state index in [-0.39, 0.29) is 0 Å². The first-order valence-corrected chi connectivity index (χ1v) is 9.57. The van der Waals surface area contributed by atoms with Crippen LogP contribution in [0, 0.1) is 11.8 Å². The number of hydrogen-bond acceptors (Lipinski definition) is 3. The normalized spacial score (nSPS) is 27.5. The average Bonchev–Trinajstić information content (AvgIpc) is 3.02. The second-order valence-corrected chi connectivity index (χ2v) is 9.00. The summed E-state index contributed by atoms with van der Waals surface area (Å²) in [5.41, 5.74) is 0. The van der Waals surface area contributed by atoms with Crippen LogP contribution in [0.4, 0.5) is 0 Å². The van der Waals surface area contributed by atoms with E-state index in [1.165, 1.54) is 10.7 Å². The molecule has 0 N–H and O–H groups in total. The summed E-state index contributed by atoms with van der Waals surface area (Å²) >= 11 is 0. The summed E-state index contributed by atoms with van der Waals surface area (Å²) < 4.78 is 34.0. The molecule has 1 aromatic heterocycles. The molecule has 0 radical (unpaired) electrons. The zero-order valence-electron chi connectivity index (χ0n) is 13.7. The van der Waals surface area contributed by atoms with E-state index in [0.29, 0.717) is 37.4 Å². The Balaban J connectivity index is 1.63. The highest BCUT2D eigenvalue weighted by atomic mass is 32.2. The van der Waals surface area contributed by atoms with Crippen molar-refractivity contribution in [2.75, 3.05) is 20.1 Å². The molecule has 124 valence electrons. The summed E-state index contributed by atoms with van der Waals surface area (Å²) in [6.45, 7) is 5.93. The lowest BCUT2D eigenvalue weighted by molar-refractivity contribution is 0.266. The second-order valence-electron chi connectivity index (χ2n) is 6.97. The Morgan fingerprint density at radius 1 is 1.27 bits per heavy atom. The molecule has 2 atom stereocenters. The van der Waals surface area contributed by atoms with E-state index in [1.807, 2.05) is 12.1 Å². The lowest BCUT2D eigenvalue weighted by Gasteiger charge is -2.32. The van der Waals surface area contributed by atoms with Crippen LogP contribution in [-0.4, -0.2) is 37.2 Å². The first kappa shape index (κ1) is 16.0. The van der Waals surface area contributed by atoms with Crippen LogP contribution in [0.2, 0.25) is 0 Å². The third-order valence-corrected chi connectivity index (χ3v) is 6.93. The van der Waals surface area contributed by atoms with Gasteiger partial charge in [-0.3, -0.25) is 0 Å². The lowest BCUT2D eigenvalue weighted by Crippen LogP contribution is -2.45. The van der Waals surface area contributed by atoms with Gasteiger partial charge < -0.3 is 4.42 Å². The van der Waals surface area contributed by atoms with Crippen LogP contribution in [0.15, 0.2) is 16.5 Å². The molecule has 0 unspecified atom stereocenters. The van der Waals surface area contributed by atoms with Gasteiger partial charge in [-0.25, -0.2) is 0 Å². The fourth-order valence-corrected chi connectivity index (χ4v) is 4.47. The van der Waals surface area contributed by atoms with Gasteiger partial charge in [0.25, 0.3) is 10.2 Å². The average molecular weight is 326 g/mol. The molecule has 22 heavy (non-hydrogen) atoms. The van der Waals surface area contributed by atoms with Crippen molar-refractivity contribution in [1.82, 2.24) is 8.61 Å². The van der Waals surface area contributed by atoms with Gasteiger partial charge in [0.2, 0.25) is 0 Å². The second kappa shape index (κ2) is 5.98. The van der Waals surface area contributed by atoms with Gasteiger partial charge in [-0.05, 0) is 43.2 Å². The van der Waals surface area contributed by atoms with Crippen molar-refractivity contribution >= 4 is 10.2 Å². The molecule has 3 rings (SSSR count). The predicted octanol–water partition coefficient (Wildman–Crippen LogP) is 2.81. The molecule has 0 aromatic carbocycles. The molecule has 1 aromatic rings. The molecule has 6 heteroatoms. The van der Waals surface area contributed by atoms with Gasteiger partial charge in [-0.1, -0.05) is 13.8 Å². The highest BCUT2D eigenvalue weighted by Gasteiger charge is 2.37. The van der Waals surface area contributed by atoms with Gasteiger partial charge in [-0.2, -0.15) is 17.0 Å². The maximum Gasteiger partial charge on any atom is 0.282 e. The minimum Gasteiger partial charge on any atom is -0.464 e. The number of rotatable bonds is 5. The van der Waals surface area contributed by atoms with Gasteiger partial charge in [-0.15, -0.1) is 0 Å². The van der Waals surface area contributed by atoms with E-state index >= 15 is 0 Å². The number of furan rings is 1. The topological polar surface area (TPSA) is 53.8 Å². The molecule has 1 aliphatic carbocycles. The molecule has 2 heterocycles. The zero-order valence-corrected chi connectivity index (χ0v) is 14.5. The molecule has 0 bridgehead atoms. The summed E-state index contributed by atoms with van der Waals surface area (Å²) in [5, 5.41) is 0. The maximum atomic E-state index is 12.6. The number of hydrogen-bond donors (Lipinski definition) is 0. The first-order valence-electron chi connectivity index (χ1n) is 8.18. The third kappa shape index (κ3) is 3.24. The van der Waals surface area contributed by atoms with Crippen molar-refractivity contribution in [3.05, 3.63) is 23.7 Å². The Bertz CT molecular complexity index is 617. The number of nitrogens with zero attached hydrogens (tertiary/aromatic N) is 2. The highest BCUT2D eigenvalue weighted by Crippen LogP contribution is 2.47. The fourth-order valence-electron chi connectivity index (χ4n) is 3.11. The van der Waals surface area contributed by atoms with Crippen LogP contribution < -0.4 is 0 Å². The first-order chi connectivity index (χ1) is 10.4. The minimum absolute atomic E-state index is 0.301. The maximum absolute atomic E-state index is 12.6. The molecular formula is C16H26N2O3S. The summed E-state index contributed by atoms with van der Waals surface area (Å²) in [4.78, 5) is 0. The van der Waals surface area contributed by atoms with Gasteiger partial charge in [0.1, 0.15) is 11.5 Å². The van der Waals surface area contributed by atoms with E-state index in [1.54, 1.807) is 11.4 Å². The monoisotopic (exact) mass is 326 g/mol. The van der Waals surface area contributed by atoms with E-state index in [4.69, 9.17) is 4.42 Å². The van der Waals surface area contributed by atoms with Gasteiger partial charge >= 0.3 is 0 Å². The van der Waals surface area contributed by atoms with Crippen molar-refractivity contribution in [1.29, 1.82) is 0 Å². The Morgan fingerprint density at radius 2 is 1.91 bits per heavy atom. The van der Waals surface area contributed by atoms with Gasteiger partial charge in [0.05, 0.1) is 6.54 Å². The Morgan fingerprint density at radius 3 is 2.50 bits per heavy atom. The van der Waals surface area contributed by atoms with Crippen LogP contribution in [0.1, 0.15) is 50.5 Å². The van der Waals surface area contributed by atoms with Gasteiger partial charge in [0, 0.05) is 26.1 Å². The van der Waals surface area contributed by atoms with E-state index < -0.39 is 10.2 Å². The standard InChI is InChI=1S/C16H26N2O3S/c1-12-6-8-18(9-7-12)22(19,20)17(3)11-14-4-5-16(21-14)15-10-13(15)2/h4-5,12-13,15H,6-11H2,1-3H3/t13-,15-/m0/s1. The predicted molar refractivity (Wildman–Crippen MR) is 85.6 cm³/mol. The Labute approximate surface area is 133 Å². The molecule has 2 aliphatic rings. The lowest BCUT2D eigenvalue weighted by atomic mass is 10.0. The third-order valence-electron chi connectivity index (χ3n) is 5.00. The fraction of sp³-hybridized carbons (Fsp3) is 0.750. The molecule has 1 saturated heterocycles. The summed E-state index contributed by atoms with van der Waals surface area (Å²) in [5.74, 6) is 3.56. The summed E-state index contributed by atoms with van der Waals surface area (Å²) in [6.07, 6.45) is 3.06. The van der Waals surface area contributed by atoms with E-state index in [2.05, 4.69) is 13.8 Å². The van der Waals surface area contributed by atoms with Crippen molar-refractivity contribution < 1.29 is 12.8 Å². The molecule has 2 fully saturated rings. The summed E-state index contributed by atoms with van der Waals surface area (Å²) in [7, 11) is -1.75. The minimum atomic E-state index is -3.38. The molecule has 1 saturated carbocycles. The molecule has 5 nitrogen and oxygen atoms in total. The highest BCUT2D eigenvalue weighted by molar-refractivity contribution is 7.86.